The van der Waals surface area contributed by atoms with Gasteiger partial charge in [0.05, 0.1) is 11.5 Å². The van der Waals surface area contributed by atoms with E-state index in [1.807, 2.05) is 0 Å². The molecule has 2 rings (SSSR count). The van der Waals surface area contributed by atoms with Gasteiger partial charge in [0.25, 0.3) is 0 Å². The number of halogens is 1. The summed E-state index contributed by atoms with van der Waals surface area (Å²) < 4.78 is 14.6. The quantitative estimate of drug-likeness (QED) is 0.588. The van der Waals surface area contributed by atoms with Crippen molar-refractivity contribution in [1.29, 1.82) is 0 Å². The molecule has 1 aromatic heterocycles. The van der Waals surface area contributed by atoms with E-state index in [-0.39, 0.29) is 18.0 Å². The van der Waals surface area contributed by atoms with Crippen LogP contribution in [0.3, 0.4) is 0 Å². The molecule has 0 spiro atoms. The molecule has 0 N–H and O–H groups in total. The number of aromatic nitrogens is 2. The van der Waals surface area contributed by atoms with Gasteiger partial charge < -0.3 is 0 Å². The molecule has 0 amide bonds. The molecule has 0 aliphatic heterocycles. The minimum absolute atomic E-state index is 0.101. The molecule has 1 heterocycles. The third-order valence-corrected chi connectivity index (χ3v) is 2.12. The number of hydrogen-bond acceptors (Lipinski definition) is 3. The van der Waals surface area contributed by atoms with Crippen molar-refractivity contribution >= 4 is 5.69 Å². The van der Waals surface area contributed by atoms with E-state index < -0.39 is 4.92 Å². The van der Waals surface area contributed by atoms with Crippen molar-refractivity contribution in [3.8, 4) is 0 Å². The maximum atomic E-state index is 13.3. The van der Waals surface area contributed by atoms with Gasteiger partial charge in [-0.15, -0.1) is 0 Å². The highest BCUT2D eigenvalue weighted by Crippen LogP contribution is 2.12. The lowest BCUT2D eigenvalue weighted by molar-refractivity contribution is -0.385. The van der Waals surface area contributed by atoms with E-state index in [0.717, 1.165) is 6.20 Å². The van der Waals surface area contributed by atoms with Crippen LogP contribution in [0.15, 0.2) is 36.7 Å². The summed E-state index contributed by atoms with van der Waals surface area (Å²) in [6, 6.07) is 6.25. The first-order valence-corrected chi connectivity index (χ1v) is 4.57. The first-order valence-electron chi connectivity index (χ1n) is 4.57. The summed E-state index contributed by atoms with van der Waals surface area (Å²) in [5.41, 5.74) is 0.344. The lowest BCUT2D eigenvalue weighted by atomic mass is 10.2. The molecule has 0 atom stereocenters. The largest absolute Gasteiger partial charge is 0.307 e. The number of nitrogens with zero attached hydrogens (tertiary/aromatic N) is 3. The van der Waals surface area contributed by atoms with Crippen LogP contribution >= 0.6 is 0 Å². The average Bonchev–Trinajstić information content (AvgIpc) is 2.70. The van der Waals surface area contributed by atoms with Gasteiger partial charge in [-0.3, -0.25) is 14.8 Å². The molecular weight excluding hydrogens is 213 g/mol. The first kappa shape index (κ1) is 10.3. The lowest BCUT2D eigenvalue weighted by Gasteiger charge is -2.01. The lowest BCUT2D eigenvalue weighted by Crippen LogP contribution is -2.01. The Labute approximate surface area is 90.3 Å². The summed E-state index contributed by atoms with van der Waals surface area (Å²) in [5.74, 6) is -0.347. The summed E-state index contributed by atoms with van der Waals surface area (Å²) in [6.45, 7) is 0.181. The van der Waals surface area contributed by atoms with E-state index in [1.165, 1.54) is 16.9 Å². The van der Waals surface area contributed by atoms with Gasteiger partial charge in [-0.2, -0.15) is 5.10 Å². The van der Waals surface area contributed by atoms with Crippen LogP contribution in [-0.4, -0.2) is 14.7 Å². The Bertz CT molecular complexity index is 524. The van der Waals surface area contributed by atoms with Gasteiger partial charge in [0.2, 0.25) is 0 Å². The Morgan fingerprint density at radius 2 is 2.19 bits per heavy atom. The molecule has 2 aromatic rings. The number of benzene rings is 1. The van der Waals surface area contributed by atoms with Crippen molar-refractivity contribution in [2.45, 2.75) is 6.54 Å². The van der Waals surface area contributed by atoms with Crippen LogP contribution in [0.4, 0.5) is 10.1 Å². The van der Waals surface area contributed by atoms with Crippen molar-refractivity contribution in [3.05, 3.63) is 58.2 Å². The van der Waals surface area contributed by atoms with E-state index in [4.69, 9.17) is 0 Å². The Hall–Kier alpha value is -2.24. The molecule has 0 bridgehead atoms. The maximum absolute atomic E-state index is 13.3. The summed E-state index contributed by atoms with van der Waals surface area (Å²) in [7, 11) is 0. The third-order valence-electron chi connectivity index (χ3n) is 2.12. The molecule has 0 aliphatic rings. The van der Waals surface area contributed by atoms with Gasteiger partial charge in [-0.25, -0.2) is 4.39 Å². The number of rotatable bonds is 3. The fourth-order valence-electron chi connectivity index (χ4n) is 1.33. The van der Waals surface area contributed by atoms with E-state index in [2.05, 4.69) is 5.10 Å². The highest BCUT2D eigenvalue weighted by molar-refractivity contribution is 5.23. The smallest absolute Gasteiger partial charge is 0.261 e. The minimum Gasteiger partial charge on any atom is -0.261 e. The average molecular weight is 221 g/mol. The molecular formula is C10H8FN3O2. The van der Waals surface area contributed by atoms with Crippen molar-refractivity contribution in [2.24, 2.45) is 0 Å². The van der Waals surface area contributed by atoms with Gasteiger partial charge in [0.1, 0.15) is 18.2 Å². The van der Waals surface area contributed by atoms with Crippen LogP contribution in [0.2, 0.25) is 0 Å². The molecule has 0 unspecified atom stereocenters. The third kappa shape index (κ3) is 2.05. The molecule has 0 saturated carbocycles. The standard InChI is InChI=1S/C10H8FN3O2/c11-10-4-2-1-3-8(10)6-13-7-9(5-12-13)14(15)16/h1-5,7H,6H2. The van der Waals surface area contributed by atoms with Gasteiger partial charge in [0.15, 0.2) is 0 Å². The Morgan fingerprint density at radius 3 is 2.81 bits per heavy atom. The molecule has 6 heteroatoms. The predicted molar refractivity (Wildman–Crippen MR) is 54.4 cm³/mol. The molecule has 5 nitrogen and oxygen atoms in total. The van der Waals surface area contributed by atoms with Crippen molar-refractivity contribution < 1.29 is 9.31 Å². The van der Waals surface area contributed by atoms with Crippen molar-refractivity contribution in [3.63, 3.8) is 0 Å². The second kappa shape index (κ2) is 4.09. The SMILES string of the molecule is O=[N+]([O-])c1cnn(Cc2ccccc2F)c1. The van der Waals surface area contributed by atoms with Crippen molar-refractivity contribution in [2.75, 3.05) is 0 Å². The Balaban J connectivity index is 2.21. The zero-order valence-corrected chi connectivity index (χ0v) is 8.21. The number of nitro groups is 1. The van der Waals surface area contributed by atoms with Crippen LogP contribution in [0, 0.1) is 15.9 Å². The molecule has 82 valence electrons. The maximum Gasteiger partial charge on any atom is 0.307 e. The zero-order chi connectivity index (χ0) is 11.5. The summed E-state index contributed by atoms with van der Waals surface area (Å²) in [4.78, 5) is 9.87. The van der Waals surface area contributed by atoms with Gasteiger partial charge in [0, 0.05) is 5.56 Å². The van der Waals surface area contributed by atoms with Gasteiger partial charge in [-0.1, -0.05) is 18.2 Å². The second-order valence-electron chi connectivity index (χ2n) is 3.24. The van der Waals surface area contributed by atoms with Crippen LogP contribution < -0.4 is 0 Å². The van der Waals surface area contributed by atoms with Gasteiger partial charge in [-0.05, 0) is 6.07 Å². The minimum atomic E-state index is -0.537. The fraction of sp³-hybridized carbons (Fsp3) is 0.100. The first-order chi connectivity index (χ1) is 7.66. The highest BCUT2D eigenvalue weighted by atomic mass is 19.1. The van der Waals surface area contributed by atoms with E-state index in [1.54, 1.807) is 18.2 Å². The molecule has 0 radical (unpaired) electrons. The van der Waals surface area contributed by atoms with Crippen LogP contribution in [0.1, 0.15) is 5.56 Å². The van der Waals surface area contributed by atoms with E-state index in [0.29, 0.717) is 5.56 Å². The monoisotopic (exact) mass is 221 g/mol. The molecule has 0 fully saturated rings. The Kier molecular flexibility index (Phi) is 2.63. The fourth-order valence-corrected chi connectivity index (χ4v) is 1.33. The molecule has 1 aromatic carbocycles. The summed E-state index contributed by atoms with van der Waals surface area (Å²) >= 11 is 0. The van der Waals surface area contributed by atoms with E-state index >= 15 is 0 Å². The zero-order valence-electron chi connectivity index (χ0n) is 8.21. The summed E-state index contributed by atoms with van der Waals surface area (Å²) in [5, 5.41) is 14.2. The number of hydrogen-bond donors (Lipinski definition) is 0. The Morgan fingerprint density at radius 1 is 1.44 bits per heavy atom. The molecule has 0 saturated heterocycles. The highest BCUT2D eigenvalue weighted by Gasteiger charge is 2.09. The topological polar surface area (TPSA) is 61.0 Å². The van der Waals surface area contributed by atoms with Crippen molar-refractivity contribution in [1.82, 2.24) is 9.78 Å². The van der Waals surface area contributed by atoms with Crippen LogP contribution in [-0.2, 0) is 6.54 Å². The van der Waals surface area contributed by atoms with Crippen LogP contribution in [0.5, 0.6) is 0 Å². The molecule has 0 aliphatic carbocycles. The predicted octanol–water partition coefficient (Wildman–Crippen LogP) is 1.98. The second-order valence-corrected chi connectivity index (χ2v) is 3.24. The molecule has 16 heavy (non-hydrogen) atoms. The van der Waals surface area contributed by atoms with Crippen LogP contribution in [0.25, 0.3) is 0 Å². The summed E-state index contributed by atoms with van der Waals surface area (Å²) in [6.07, 6.45) is 2.41. The normalized spacial score (nSPS) is 10.3. The van der Waals surface area contributed by atoms with Gasteiger partial charge >= 0.3 is 5.69 Å². The van der Waals surface area contributed by atoms with E-state index in [9.17, 15) is 14.5 Å².